The highest BCUT2D eigenvalue weighted by Gasteiger charge is 2.17. The number of thiazole rings is 1. The van der Waals surface area contributed by atoms with E-state index in [2.05, 4.69) is 29.5 Å². The van der Waals surface area contributed by atoms with E-state index in [0.717, 1.165) is 10.7 Å². The average molecular weight is 378 g/mol. The van der Waals surface area contributed by atoms with E-state index < -0.39 is 0 Å². The molecule has 5 heteroatoms. The Labute approximate surface area is 163 Å². The zero-order chi connectivity index (χ0) is 19.2. The van der Waals surface area contributed by atoms with Crippen LogP contribution in [0.3, 0.4) is 0 Å². The minimum atomic E-state index is -0.240. The molecular formula is C22H22N2O2S. The molecule has 0 saturated heterocycles. The van der Waals surface area contributed by atoms with Gasteiger partial charge >= 0.3 is 0 Å². The third kappa shape index (κ3) is 4.68. The van der Waals surface area contributed by atoms with Crippen molar-refractivity contribution in [2.75, 3.05) is 6.54 Å². The van der Waals surface area contributed by atoms with Gasteiger partial charge in [-0.25, -0.2) is 4.98 Å². The van der Waals surface area contributed by atoms with Gasteiger partial charge in [-0.05, 0) is 12.0 Å². The van der Waals surface area contributed by atoms with Crippen molar-refractivity contribution in [1.82, 2.24) is 10.3 Å². The van der Waals surface area contributed by atoms with Crippen LogP contribution in [0.5, 0.6) is 0 Å². The third-order valence-corrected chi connectivity index (χ3v) is 5.16. The lowest BCUT2D eigenvalue weighted by Gasteiger charge is -2.09. The number of carbonyl (C=O) groups is 2. The van der Waals surface area contributed by atoms with E-state index in [4.69, 9.17) is 0 Å². The van der Waals surface area contributed by atoms with Crippen molar-refractivity contribution in [3.05, 3.63) is 87.4 Å². The summed E-state index contributed by atoms with van der Waals surface area (Å²) in [5.41, 5.74) is 2.47. The summed E-state index contributed by atoms with van der Waals surface area (Å²) in [6, 6.07) is 15.9. The molecule has 2 aromatic carbocycles. The van der Waals surface area contributed by atoms with Gasteiger partial charge in [0, 0.05) is 29.5 Å². The predicted molar refractivity (Wildman–Crippen MR) is 109 cm³/mol. The predicted octanol–water partition coefficient (Wildman–Crippen LogP) is 4.47. The Bertz CT molecular complexity index is 932. The second kappa shape index (κ2) is 8.73. The van der Waals surface area contributed by atoms with Crippen LogP contribution in [0.15, 0.2) is 60.0 Å². The molecule has 1 N–H and O–H groups in total. The Balaban J connectivity index is 1.67. The van der Waals surface area contributed by atoms with Crippen LogP contribution in [0, 0.1) is 0 Å². The fourth-order valence-electron chi connectivity index (χ4n) is 2.71. The van der Waals surface area contributed by atoms with Crippen molar-refractivity contribution >= 4 is 23.0 Å². The van der Waals surface area contributed by atoms with Crippen LogP contribution in [0.1, 0.15) is 56.7 Å². The first kappa shape index (κ1) is 19.0. The molecular weight excluding hydrogens is 356 g/mol. The minimum absolute atomic E-state index is 0.150. The summed E-state index contributed by atoms with van der Waals surface area (Å²) in [6.45, 7) is 4.71. The lowest BCUT2D eigenvalue weighted by Crippen LogP contribution is -2.27. The normalized spacial score (nSPS) is 10.8. The molecule has 138 valence electrons. The summed E-state index contributed by atoms with van der Waals surface area (Å²) >= 11 is 1.61. The minimum Gasteiger partial charge on any atom is -0.352 e. The zero-order valence-electron chi connectivity index (χ0n) is 15.4. The van der Waals surface area contributed by atoms with Gasteiger partial charge in [0.05, 0.1) is 16.3 Å². The highest BCUT2D eigenvalue weighted by atomic mass is 32.1. The largest absolute Gasteiger partial charge is 0.352 e. The van der Waals surface area contributed by atoms with Crippen LogP contribution in [-0.4, -0.2) is 23.2 Å². The van der Waals surface area contributed by atoms with Crippen LogP contribution in [-0.2, 0) is 6.42 Å². The summed E-state index contributed by atoms with van der Waals surface area (Å²) in [7, 11) is 0. The second-order valence-corrected chi connectivity index (χ2v) is 7.51. The maximum Gasteiger partial charge on any atom is 0.252 e. The summed E-state index contributed by atoms with van der Waals surface area (Å²) in [5.74, 6) is 0.0128. The quantitative estimate of drug-likeness (QED) is 0.617. The van der Waals surface area contributed by atoms with Gasteiger partial charge in [-0.2, -0.15) is 0 Å². The first-order valence-electron chi connectivity index (χ1n) is 8.97. The number of rotatable bonds is 7. The molecule has 3 rings (SSSR count). The van der Waals surface area contributed by atoms with Crippen molar-refractivity contribution in [3.8, 4) is 0 Å². The second-order valence-electron chi connectivity index (χ2n) is 6.57. The Morgan fingerprint density at radius 3 is 2.33 bits per heavy atom. The number of hydrogen-bond donors (Lipinski definition) is 1. The van der Waals surface area contributed by atoms with Crippen molar-refractivity contribution in [2.45, 2.75) is 26.2 Å². The van der Waals surface area contributed by atoms with Gasteiger partial charge in [-0.1, -0.05) is 62.4 Å². The molecule has 0 fully saturated rings. The summed E-state index contributed by atoms with van der Waals surface area (Å²) in [6.07, 6.45) is 0.678. The molecule has 0 aliphatic heterocycles. The van der Waals surface area contributed by atoms with Gasteiger partial charge in [0.1, 0.15) is 0 Å². The zero-order valence-corrected chi connectivity index (χ0v) is 16.3. The van der Waals surface area contributed by atoms with E-state index in [9.17, 15) is 9.59 Å². The van der Waals surface area contributed by atoms with Crippen molar-refractivity contribution in [1.29, 1.82) is 0 Å². The van der Waals surface area contributed by atoms with Gasteiger partial charge in [0.25, 0.3) is 5.91 Å². The molecule has 1 aromatic heterocycles. The first-order chi connectivity index (χ1) is 13.1. The van der Waals surface area contributed by atoms with Crippen LogP contribution >= 0.6 is 11.3 Å². The van der Waals surface area contributed by atoms with Crippen molar-refractivity contribution < 1.29 is 9.59 Å². The Morgan fingerprint density at radius 2 is 1.67 bits per heavy atom. The Hall–Kier alpha value is -2.79. The van der Waals surface area contributed by atoms with E-state index in [-0.39, 0.29) is 11.7 Å². The lowest BCUT2D eigenvalue weighted by molar-refractivity contribution is 0.0942. The molecule has 0 aliphatic carbocycles. The fraction of sp³-hybridized carbons (Fsp3) is 0.227. The smallest absolute Gasteiger partial charge is 0.252 e. The molecule has 0 aliphatic rings. The van der Waals surface area contributed by atoms with Crippen molar-refractivity contribution in [2.24, 2.45) is 0 Å². The number of carbonyl (C=O) groups excluding carboxylic acids is 2. The van der Waals surface area contributed by atoms with E-state index >= 15 is 0 Å². The van der Waals surface area contributed by atoms with Gasteiger partial charge in [0.15, 0.2) is 5.78 Å². The lowest BCUT2D eigenvalue weighted by atomic mass is 9.98. The van der Waals surface area contributed by atoms with Gasteiger partial charge in [-0.3, -0.25) is 9.59 Å². The number of benzene rings is 2. The summed E-state index contributed by atoms with van der Waals surface area (Å²) in [4.78, 5) is 29.9. The molecule has 0 unspecified atom stereocenters. The molecule has 4 nitrogen and oxygen atoms in total. The molecule has 1 amide bonds. The number of aromatic nitrogens is 1. The van der Waals surface area contributed by atoms with Crippen LogP contribution < -0.4 is 5.32 Å². The maximum atomic E-state index is 12.7. The van der Waals surface area contributed by atoms with E-state index in [1.165, 1.54) is 0 Å². The first-order valence-corrected chi connectivity index (χ1v) is 9.85. The molecule has 0 saturated carbocycles. The van der Waals surface area contributed by atoms with E-state index in [1.54, 1.807) is 47.7 Å². The standard InChI is InChI=1S/C22H22N2O2S/c1-15(2)19-14-27-20(24-19)12-13-23-22(26)18-11-7-6-10-17(18)21(25)16-8-4-3-5-9-16/h3-11,14-15H,12-13H2,1-2H3,(H,23,26). The van der Waals surface area contributed by atoms with Gasteiger partial charge in [-0.15, -0.1) is 11.3 Å². The topological polar surface area (TPSA) is 59.1 Å². The van der Waals surface area contributed by atoms with Crippen LogP contribution in [0.25, 0.3) is 0 Å². The number of nitrogens with one attached hydrogen (secondary N) is 1. The van der Waals surface area contributed by atoms with Crippen LogP contribution in [0.2, 0.25) is 0 Å². The molecule has 27 heavy (non-hydrogen) atoms. The highest BCUT2D eigenvalue weighted by Crippen LogP contribution is 2.18. The maximum absolute atomic E-state index is 12.7. The molecule has 0 spiro atoms. The Morgan fingerprint density at radius 1 is 1.00 bits per heavy atom. The number of nitrogens with zero attached hydrogens (tertiary/aromatic N) is 1. The average Bonchev–Trinajstić information content (AvgIpc) is 3.17. The fourth-order valence-corrected chi connectivity index (χ4v) is 3.67. The number of ketones is 1. The Kier molecular flexibility index (Phi) is 6.14. The molecule has 0 bridgehead atoms. The molecule has 0 atom stereocenters. The number of hydrogen-bond acceptors (Lipinski definition) is 4. The van der Waals surface area contributed by atoms with E-state index in [0.29, 0.717) is 35.6 Å². The van der Waals surface area contributed by atoms with Gasteiger partial charge in [0.2, 0.25) is 0 Å². The summed E-state index contributed by atoms with van der Waals surface area (Å²) in [5, 5.41) is 5.98. The molecule has 1 heterocycles. The SMILES string of the molecule is CC(C)c1csc(CCNC(=O)c2ccccc2C(=O)c2ccccc2)n1. The molecule has 0 radical (unpaired) electrons. The monoisotopic (exact) mass is 378 g/mol. The molecule has 3 aromatic rings. The van der Waals surface area contributed by atoms with Gasteiger partial charge < -0.3 is 5.32 Å². The van der Waals surface area contributed by atoms with Crippen molar-refractivity contribution in [3.63, 3.8) is 0 Å². The highest BCUT2D eigenvalue weighted by molar-refractivity contribution is 7.09. The summed E-state index contributed by atoms with van der Waals surface area (Å²) < 4.78 is 0. The third-order valence-electron chi connectivity index (χ3n) is 4.24. The van der Waals surface area contributed by atoms with E-state index in [1.807, 2.05) is 18.2 Å². The van der Waals surface area contributed by atoms with Crippen LogP contribution in [0.4, 0.5) is 0 Å². The number of amides is 1.